The van der Waals surface area contributed by atoms with Crippen LogP contribution in [0.4, 0.5) is 5.82 Å². The number of hydrogen-bond donors (Lipinski definition) is 1. The second-order valence-electron chi connectivity index (χ2n) is 6.75. The van der Waals surface area contributed by atoms with Gasteiger partial charge >= 0.3 is 0 Å². The lowest BCUT2D eigenvalue weighted by atomic mass is 10.2. The molecule has 2 fully saturated rings. The summed E-state index contributed by atoms with van der Waals surface area (Å²) < 4.78 is 0. The fourth-order valence-electron chi connectivity index (χ4n) is 3.00. The van der Waals surface area contributed by atoms with Gasteiger partial charge in [-0.3, -0.25) is 4.90 Å². The van der Waals surface area contributed by atoms with E-state index in [4.69, 9.17) is 4.98 Å². The third-order valence-electron chi connectivity index (χ3n) is 4.54. The molecule has 1 aliphatic heterocycles. The second kappa shape index (κ2) is 6.32. The zero-order valence-corrected chi connectivity index (χ0v) is 13.6. The lowest BCUT2D eigenvalue weighted by Gasteiger charge is -2.37. The first-order chi connectivity index (χ1) is 10.1. The summed E-state index contributed by atoms with van der Waals surface area (Å²) in [6.45, 7) is 12.1. The van der Waals surface area contributed by atoms with E-state index in [0.717, 1.165) is 50.3 Å². The molecule has 0 radical (unpaired) electrons. The molecule has 1 aliphatic carbocycles. The van der Waals surface area contributed by atoms with Crippen molar-refractivity contribution in [2.45, 2.75) is 52.2 Å². The molecule has 1 saturated heterocycles. The monoisotopic (exact) mass is 288 g/mol. The van der Waals surface area contributed by atoms with E-state index in [1.54, 1.807) is 0 Å². The number of aromatic nitrogens is 1. The number of nitrogens with one attached hydrogen (secondary N) is 1. The predicted octanol–water partition coefficient (Wildman–Crippen LogP) is 2.17. The number of piperazine rings is 1. The van der Waals surface area contributed by atoms with Crippen LogP contribution >= 0.6 is 0 Å². The molecule has 0 aromatic carbocycles. The lowest BCUT2D eigenvalue weighted by Crippen LogP contribution is -2.49. The lowest BCUT2D eigenvalue weighted by molar-refractivity contribution is 0.209. The molecule has 1 aromatic heterocycles. The molecular weight excluding hydrogens is 260 g/mol. The van der Waals surface area contributed by atoms with Crippen molar-refractivity contribution in [3.63, 3.8) is 0 Å². The Bertz CT molecular complexity index is 474. The highest BCUT2D eigenvalue weighted by Gasteiger charge is 2.22. The molecule has 1 aromatic rings. The fraction of sp³-hybridized carbons (Fsp3) is 0.706. The average molecular weight is 288 g/mol. The summed E-state index contributed by atoms with van der Waals surface area (Å²) in [5.74, 6) is 1.16. The fourth-order valence-corrected chi connectivity index (χ4v) is 3.00. The molecule has 0 unspecified atom stereocenters. The Morgan fingerprint density at radius 1 is 1.19 bits per heavy atom. The summed E-state index contributed by atoms with van der Waals surface area (Å²) in [4.78, 5) is 9.73. The van der Waals surface area contributed by atoms with Crippen molar-refractivity contribution in [3.8, 4) is 0 Å². The largest absolute Gasteiger partial charge is 0.354 e. The maximum atomic E-state index is 4.75. The zero-order valence-electron chi connectivity index (χ0n) is 13.6. The van der Waals surface area contributed by atoms with E-state index < -0.39 is 0 Å². The van der Waals surface area contributed by atoms with Crippen LogP contribution in [0, 0.1) is 6.92 Å². The number of rotatable bonds is 5. The third-order valence-corrected chi connectivity index (χ3v) is 4.54. The van der Waals surface area contributed by atoms with Gasteiger partial charge in [0.1, 0.15) is 5.82 Å². The van der Waals surface area contributed by atoms with Crippen LogP contribution in [-0.2, 0) is 6.54 Å². The van der Waals surface area contributed by atoms with Crippen molar-refractivity contribution in [3.05, 3.63) is 23.4 Å². The SMILES string of the molecule is Cc1cc(CNC2CC2)cc(N2CCN(C(C)C)CC2)n1. The standard InChI is InChI=1S/C17H28N4/c1-13(2)20-6-8-21(9-7-20)17-11-15(10-14(3)19-17)12-18-16-4-5-16/h10-11,13,16,18H,4-9,12H2,1-3H3. The van der Waals surface area contributed by atoms with Crippen LogP contribution in [0.3, 0.4) is 0 Å². The Hall–Kier alpha value is -1.13. The number of aryl methyl sites for hydroxylation is 1. The Morgan fingerprint density at radius 2 is 1.90 bits per heavy atom. The normalized spacial score (nSPS) is 20.3. The van der Waals surface area contributed by atoms with Gasteiger partial charge in [0.05, 0.1) is 0 Å². The summed E-state index contributed by atoms with van der Waals surface area (Å²) in [6, 6.07) is 5.89. The van der Waals surface area contributed by atoms with E-state index in [1.807, 2.05) is 0 Å². The summed E-state index contributed by atoms with van der Waals surface area (Å²) >= 11 is 0. The Balaban J connectivity index is 1.64. The molecule has 0 bridgehead atoms. The van der Waals surface area contributed by atoms with Crippen molar-refractivity contribution in [2.75, 3.05) is 31.1 Å². The maximum absolute atomic E-state index is 4.75. The van der Waals surface area contributed by atoms with Gasteiger partial charge in [-0.05, 0) is 51.3 Å². The van der Waals surface area contributed by atoms with Gasteiger partial charge in [0.25, 0.3) is 0 Å². The molecule has 0 spiro atoms. The highest BCUT2D eigenvalue weighted by molar-refractivity contribution is 5.43. The van der Waals surface area contributed by atoms with Crippen LogP contribution in [-0.4, -0.2) is 48.1 Å². The number of hydrogen-bond acceptors (Lipinski definition) is 4. The van der Waals surface area contributed by atoms with Crippen LogP contribution in [0.2, 0.25) is 0 Å². The first-order valence-electron chi connectivity index (χ1n) is 8.32. The van der Waals surface area contributed by atoms with Crippen molar-refractivity contribution in [1.82, 2.24) is 15.2 Å². The van der Waals surface area contributed by atoms with Crippen molar-refractivity contribution in [1.29, 1.82) is 0 Å². The number of nitrogens with zero attached hydrogens (tertiary/aromatic N) is 3. The molecule has 116 valence electrons. The number of pyridine rings is 1. The first kappa shape index (κ1) is 14.8. The van der Waals surface area contributed by atoms with Crippen molar-refractivity contribution < 1.29 is 0 Å². The zero-order chi connectivity index (χ0) is 14.8. The molecule has 4 heteroatoms. The van der Waals surface area contributed by atoms with E-state index in [9.17, 15) is 0 Å². The van der Waals surface area contributed by atoms with Gasteiger partial charge in [-0.1, -0.05) is 0 Å². The molecule has 0 amide bonds. The maximum Gasteiger partial charge on any atom is 0.129 e. The van der Waals surface area contributed by atoms with Gasteiger partial charge in [0, 0.05) is 50.5 Å². The van der Waals surface area contributed by atoms with Gasteiger partial charge in [-0.25, -0.2) is 4.98 Å². The minimum absolute atomic E-state index is 0.649. The van der Waals surface area contributed by atoms with E-state index in [-0.39, 0.29) is 0 Å². The van der Waals surface area contributed by atoms with Crippen LogP contribution in [0.1, 0.15) is 37.9 Å². The molecule has 4 nitrogen and oxygen atoms in total. The van der Waals surface area contributed by atoms with Crippen molar-refractivity contribution in [2.24, 2.45) is 0 Å². The van der Waals surface area contributed by atoms with Crippen molar-refractivity contribution >= 4 is 5.82 Å². The van der Waals surface area contributed by atoms with Gasteiger partial charge < -0.3 is 10.2 Å². The number of anilines is 1. The van der Waals surface area contributed by atoms with Gasteiger partial charge in [0.15, 0.2) is 0 Å². The van der Waals surface area contributed by atoms with Gasteiger partial charge in [-0.15, -0.1) is 0 Å². The Kier molecular flexibility index (Phi) is 4.45. The van der Waals surface area contributed by atoms with E-state index in [2.05, 4.69) is 48.0 Å². The van der Waals surface area contributed by atoms with Crippen LogP contribution in [0.5, 0.6) is 0 Å². The van der Waals surface area contributed by atoms with Gasteiger partial charge in [0.2, 0.25) is 0 Å². The van der Waals surface area contributed by atoms with Crippen LogP contribution < -0.4 is 10.2 Å². The molecule has 0 atom stereocenters. The molecular formula is C17H28N4. The van der Waals surface area contributed by atoms with Crippen LogP contribution in [0.25, 0.3) is 0 Å². The highest BCUT2D eigenvalue weighted by atomic mass is 15.3. The molecule has 2 aliphatic rings. The topological polar surface area (TPSA) is 31.4 Å². The molecule has 2 heterocycles. The minimum atomic E-state index is 0.649. The first-order valence-corrected chi connectivity index (χ1v) is 8.32. The van der Waals surface area contributed by atoms with E-state index >= 15 is 0 Å². The third kappa shape index (κ3) is 3.95. The highest BCUT2D eigenvalue weighted by Crippen LogP contribution is 2.21. The van der Waals surface area contributed by atoms with Gasteiger partial charge in [-0.2, -0.15) is 0 Å². The Morgan fingerprint density at radius 3 is 2.52 bits per heavy atom. The summed E-state index contributed by atoms with van der Waals surface area (Å²) in [5, 5.41) is 3.60. The second-order valence-corrected chi connectivity index (χ2v) is 6.75. The smallest absolute Gasteiger partial charge is 0.129 e. The summed E-state index contributed by atoms with van der Waals surface area (Å²) in [6.07, 6.45) is 2.68. The van der Waals surface area contributed by atoms with Crippen LogP contribution in [0.15, 0.2) is 12.1 Å². The Labute approximate surface area is 128 Å². The predicted molar refractivity (Wildman–Crippen MR) is 87.8 cm³/mol. The average Bonchev–Trinajstić information content (AvgIpc) is 3.29. The summed E-state index contributed by atoms with van der Waals surface area (Å²) in [5.41, 5.74) is 2.50. The molecule has 3 rings (SSSR count). The van der Waals surface area contributed by atoms with E-state index in [0.29, 0.717) is 6.04 Å². The quantitative estimate of drug-likeness (QED) is 0.900. The van der Waals surface area contributed by atoms with E-state index in [1.165, 1.54) is 18.4 Å². The summed E-state index contributed by atoms with van der Waals surface area (Å²) in [7, 11) is 0. The molecule has 1 saturated carbocycles. The minimum Gasteiger partial charge on any atom is -0.354 e. The molecule has 1 N–H and O–H groups in total. The molecule has 21 heavy (non-hydrogen) atoms.